The van der Waals surface area contributed by atoms with Gasteiger partial charge in [-0.2, -0.15) is 0 Å². The first-order valence-electron chi connectivity index (χ1n) is 17.7. The van der Waals surface area contributed by atoms with Gasteiger partial charge < -0.3 is 53.4 Å². The molecule has 4 fully saturated rings. The van der Waals surface area contributed by atoms with Gasteiger partial charge in [0.15, 0.2) is 24.0 Å². The smallest absolute Gasteiger partial charge is 0.311 e. The number of aliphatic hydroxyl groups is 3. The van der Waals surface area contributed by atoms with Crippen LogP contribution in [-0.2, 0) is 42.7 Å². The predicted molar refractivity (Wildman–Crippen MR) is 174 cm³/mol. The van der Waals surface area contributed by atoms with Crippen LogP contribution in [-0.4, -0.2) is 139 Å². The number of esters is 1. The Hall–Kier alpha value is -1.26. The summed E-state index contributed by atoms with van der Waals surface area (Å²) in [4.78, 5) is 29.7. The van der Waals surface area contributed by atoms with E-state index in [4.69, 9.17) is 33.2 Å². The van der Waals surface area contributed by atoms with Crippen molar-refractivity contribution in [3.63, 3.8) is 0 Å². The van der Waals surface area contributed by atoms with Crippen molar-refractivity contribution in [2.45, 2.75) is 154 Å². The van der Waals surface area contributed by atoms with Crippen molar-refractivity contribution in [3.05, 3.63) is 0 Å². The number of likely N-dealkylation sites (N-methyl/N-ethyl adjacent to an activating group) is 1. The van der Waals surface area contributed by atoms with E-state index in [0.717, 1.165) is 0 Å². The second kappa shape index (κ2) is 16.0. The first-order chi connectivity index (χ1) is 22.4. The number of methoxy groups -OCH3 is 1. The van der Waals surface area contributed by atoms with E-state index >= 15 is 0 Å². The number of carbonyl (C=O) groups is 2. The molecule has 3 N–H and O–H groups in total. The molecule has 0 aromatic heterocycles. The highest BCUT2D eigenvalue weighted by molar-refractivity contribution is 5.92. The number of nitrogens with zero attached hydrogens (tertiary/aromatic N) is 1. The maximum absolute atomic E-state index is 13.9. The topological polar surface area (TPSA) is 166 Å². The fraction of sp³-hybridized carbons (Fsp3) is 0.943. The van der Waals surface area contributed by atoms with Crippen molar-refractivity contribution in [1.82, 2.24) is 4.90 Å². The van der Waals surface area contributed by atoms with Gasteiger partial charge in [-0.15, -0.1) is 0 Å². The monoisotopic (exact) mass is 687 g/mol. The van der Waals surface area contributed by atoms with E-state index in [9.17, 15) is 24.9 Å². The SMILES string of the molecule is CO[C@H]1C[C@H](O[C@H]2[C@H](C)[C@@H](OC3O[C@@H](C)C[C@@H](N(C)C)[C@@H]3O)[C@@H](C)C[C@@]3(CO3)C(=O)[C@H](C)[C@@H](O)[C@@H](C)[C@@H](C)OC(=O)[C@@H]2C)O[C@@H](C)[C@H]1O. The van der Waals surface area contributed by atoms with Crippen molar-refractivity contribution in [2.24, 2.45) is 29.6 Å². The van der Waals surface area contributed by atoms with Crippen LogP contribution in [0.1, 0.15) is 74.7 Å². The molecule has 13 nitrogen and oxygen atoms in total. The van der Waals surface area contributed by atoms with Crippen LogP contribution in [0.25, 0.3) is 0 Å². The average Bonchev–Trinajstić information content (AvgIpc) is 3.82. The summed E-state index contributed by atoms with van der Waals surface area (Å²) in [6, 6.07) is -0.219. The molecule has 4 aliphatic heterocycles. The summed E-state index contributed by atoms with van der Waals surface area (Å²) in [5, 5.41) is 33.3. The van der Waals surface area contributed by atoms with E-state index in [1.807, 2.05) is 39.8 Å². The van der Waals surface area contributed by atoms with Crippen molar-refractivity contribution < 1.29 is 58.1 Å². The van der Waals surface area contributed by atoms with Gasteiger partial charge in [0.25, 0.3) is 0 Å². The van der Waals surface area contributed by atoms with Crippen molar-refractivity contribution in [2.75, 3.05) is 27.8 Å². The third kappa shape index (κ3) is 8.43. The van der Waals surface area contributed by atoms with Crippen LogP contribution in [0, 0.1) is 29.6 Å². The molecule has 278 valence electrons. The Kier molecular flexibility index (Phi) is 13.1. The molecule has 0 radical (unpaired) electrons. The van der Waals surface area contributed by atoms with E-state index in [2.05, 4.69) is 0 Å². The summed E-state index contributed by atoms with van der Waals surface area (Å²) < 4.78 is 43.0. The zero-order valence-corrected chi connectivity index (χ0v) is 30.6. The van der Waals surface area contributed by atoms with Crippen molar-refractivity contribution >= 4 is 11.8 Å². The number of hydrogen-bond acceptors (Lipinski definition) is 13. The summed E-state index contributed by atoms with van der Waals surface area (Å²) in [5.74, 6) is -3.74. The highest BCUT2D eigenvalue weighted by Gasteiger charge is 2.57. The van der Waals surface area contributed by atoms with Gasteiger partial charge >= 0.3 is 5.97 Å². The number of epoxide rings is 1. The molecule has 1 spiro atoms. The van der Waals surface area contributed by atoms with Crippen LogP contribution in [0.5, 0.6) is 0 Å². The van der Waals surface area contributed by atoms with E-state index in [-0.39, 0.29) is 43.3 Å². The standard InChI is InChI=1S/C35H61NO12/c1-16-14-35(15-43-35)32(40)19(4)27(37)18(3)22(7)46-33(41)21(6)31(47-26-13-25(42-11)28(38)23(8)45-26)20(5)30(16)48-34-29(39)24(36(9)10)12-17(2)44-34/h16-31,34,37-39H,12-15H2,1-11H3/t16-,17-,18-,19+,20+,21+,22+,23-,24+,25-,26-,27-,28+,29-,30-,31-,34?,35+/m0/s1. The van der Waals surface area contributed by atoms with Crippen LogP contribution in [0.3, 0.4) is 0 Å². The molecule has 0 saturated carbocycles. The molecule has 1 unspecified atom stereocenters. The minimum absolute atomic E-state index is 0.198. The molecule has 4 saturated heterocycles. The number of ether oxygens (including phenoxy) is 7. The first-order valence-corrected chi connectivity index (χ1v) is 17.7. The molecular weight excluding hydrogens is 626 g/mol. The third-order valence-electron chi connectivity index (χ3n) is 11.4. The van der Waals surface area contributed by atoms with Gasteiger partial charge in [-0.3, -0.25) is 9.59 Å². The van der Waals surface area contributed by atoms with Gasteiger partial charge in [0.1, 0.15) is 18.3 Å². The number of ketones is 1. The quantitative estimate of drug-likeness (QED) is 0.274. The predicted octanol–water partition coefficient (Wildman–Crippen LogP) is 1.91. The maximum Gasteiger partial charge on any atom is 0.311 e. The average molecular weight is 688 g/mol. The zero-order valence-electron chi connectivity index (χ0n) is 30.6. The van der Waals surface area contributed by atoms with Gasteiger partial charge in [-0.25, -0.2) is 0 Å². The van der Waals surface area contributed by atoms with Gasteiger partial charge in [0.2, 0.25) is 0 Å². The second-order valence-corrected chi connectivity index (χ2v) is 15.3. The molecule has 0 bridgehead atoms. The number of cyclic esters (lactones) is 1. The summed E-state index contributed by atoms with van der Waals surface area (Å²) in [5.41, 5.74) is -1.10. The van der Waals surface area contributed by atoms with Crippen LogP contribution in [0.4, 0.5) is 0 Å². The lowest BCUT2D eigenvalue weighted by molar-refractivity contribution is -0.299. The Morgan fingerprint density at radius 2 is 1.44 bits per heavy atom. The van der Waals surface area contributed by atoms with E-state index in [0.29, 0.717) is 6.42 Å². The van der Waals surface area contributed by atoms with E-state index in [1.165, 1.54) is 7.11 Å². The lowest BCUT2D eigenvalue weighted by atomic mass is 9.76. The van der Waals surface area contributed by atoms with Crippen LogP contribution >= 0.6 is 0 Å². The second-order valence-electron chi connectivity index (χ2n) is 15.3. The highest BCUT2D eigenvalue weighted by atomic mass is 16.7. The van der Waals surface area contributed by atoms with Crippen LogP contribution in [0.15, 0.2) is 0 Å². The number of aliphatic hydroxyl groups excluding tert-OH is 3. The largest absolute Gasteiger partial charge is 0.462 e. The summed E-state index contributed by atoms with van der Waals surface area (Å²) in [6.07, 6.45) is -7.15. The van der Waals surface area contributed by atoms with Gasteiger partial charge in [0, 0.05) is 37.3 Å². The fourth-order valence-electron chi connectivity index (χ4n) is 7.89. The summed E-state index contributed by atoms with van der Waals surface area (Å²) in [7, 11) is 5.32. The Bertz CT molecular complexity index is 1090. The van der Waals surface area contributed by atoms with Gasteiger partial charge in [-0.05, 0) is 60.5 Å². The minimum atomic E-state index is -1.10. The molecule has 4 heterocycles. The van der Waals surface area contributed by atoms with Gasteiger partial charge in [0.05, 0.1) is 49.1 Å². The molecule has 18 atom stereocenters. The van der Waals surface area contributed by atoms with E-state index in [1.54, 1.807) is 34.6 Å². The zero-order chi connectivity index (χ0) is 35.8. The molecule has 0 aliphatic carbocycles. The Balaban J connectivity index is 1.75. The summed E-state index contributed by atoms with van der Waals surface area (Å²) in [6.45, 7) is 14.6. The van der Waals surface area contributed by atoms with Gasteiger partial charge in [-0.1, -0.05) is 27.7 Å². The number of Topliss-reactive ketones (excluding diaryl/α,β-unsaturated/α-hetero) is 1. The minimum Gasteiger partial charge on any atom is -0.462 e. The van der Waals surface area contributed by atoms with Crippen LogP contribution < -0.4 is 0 Å². The summed E-state index contributed by atoms with van der Waals surface area (Å²) >= 11 is 0. The van der Waals surface area contributed by atoms with E-state index < -0.39 is 96.7 Å². The van der Waals surface area contributed by atoms with Crippen molar-refractivity contribution in [3.8, 4) is 0 Å². The molecule has 0 amide bonds. The Morgan fingerprint density at radius 3 is 2.02 bits per heavy atom. The van der Waals surface area contributed by atoms with Crippen LogP contribution in [0.2, 0.25) is 0 Å². The number of hydrogen-bond donors (Lipinski definition) is 3. The number of rotatable bonds is 6. The molecule has 0 aromatic rings. The fourth-order valence-corrected chi connectivity index (χ4v) is 7.89. The first kappa shape index (κ1) is 39.5. The molecular formula is C35H61NO12. The number of carbonyl (C=O) groups excluding carboxylic acids is 2. The maximum atomic E-state index is 13.9. The molecule has 4 rings (SSSR count). The molecule has 13 heteroatoms. The van der Waals surface area contributed by atoms with Crippen molar-refractivity contribution in [1.29, 1.82) is 0 Å². The Morgan fingerprint density at radius 1 is 0.792 bits per heavy atom. The molecule has 48 heavy (non-hydrogen) atoms. The highest BCUT2D eigenvalue weighted by Crippen LogP contribution is 2.43. The lowest BCUT2D eigenvalue weighted by Gasteiger charge is -2.46. The molecule has 4 aliphatic rings. The Labute approximate surface area is 285 Å². The third-order valence-corrected chi connectivity index (χ3v) is 11.4. The normalized spacial score (nSPS) is 49.9. The lowest BCUT2D eigenvalue weighted by Crippen LogP contribution is -2.57. The molecule has 0 aromatic carbocycles.